The summed E-state index contributed by atoms with van der Waals surface area (Å²) in [7, 11) is 0. The van der Waals surface area contributed by atoms with Gasteiger partial charge in [-0.25, -0.2) is 0 Å². The fourth-order valence-corrected chi connectivity index (χ4v) is 6.97. The van der Waals surface area contributed by atoms with E-state index in [0.29, 0.717) is 12.8 Å². The van der Waals surface area contributed by atoms with Crippen LogP contribution in [0.1, 0.15) is 220 Å². The number of unbranched alkanes of at least 4 members (excludes halogenated alkanes) is 19. The third kappa shape index (κ3) is 52.5. The lowest BCUT2D eigenvalue weighted by atomic mass is 10.1. The molecule has 0 saturated carbocycles. The third-order valence-electron chi connectivity index (χ3n) is 11.0. The van der Waals surface area contributed by atoms with Crippen LogP contribution in [-0.2, 0) is 28.6 Å². The molecule has 0 aromatic heterocycles. The molecule has 0 bridgehead atoms. The van der Waals surface area contributed by atoms with Crippen molar-refractivity contribution in [3.05, 3.63) is 134 Å². The summed E-state index contributed by atoms with van der Waals surface area (Å²) >= 11 is 0. The summed E-state index contributed by atoms with van der Waals surface area (Å²) in [6.07, 6.45) is 77.2. The van der Waals surface area contributed by atoms with Crippen LogP contribution in [0.15, 0.2) is 134 Å². The maximum absolute atomic E-state index is 12.8. The smallest absolute Gasteiger partial charge is 0.306 e. The fourth-order valence-electron chi connectivity index (χ4n) is 6.97. The van der Waals surface area contributed by atoms with Crippen LogP contribution in [0.3, 0.4) is 0 Å². The van der Waals surface area contributed by atoms with Gasteiger partial charge in [-0.1, -0.05) is 231 Å². The molecule has 0 aliphatic heterocycles. The molecular weight excluding hydrogens is 841 g/mol. The third-order valence-corrected chi connectivity index (χ3v) is 11.0. The zero-order valence-corrected chi connectivity index (χ0v) is 43.6. The van der Waals surface area contributed by atoms with Crippen molar-refractivity contribution >= 4 is 17.9 Å². The summed E-state index contributed by atoms with van der Waals surface area (Å²) in [6.45, 7) is 6.29. The van der Waals surface area contributed by atoms with Crippen LogP contribution in [0.2, 0.25) is 0 Å². The highest BCUT2D eigenvalue weighted by atomic mass is 16.6. The SMILES string of the molecule is CC\C=C/C=C\C=C/C=C\CCCCCC(=O)OCC(COC(=O)CCCCCCCC/C=C\C/C=C\C/C=C\C/C=C\CC)OC(=O)CCCCCCC\C=C/C=C\C=C/CCCCCCC. The van der Waals surface area contributed by atoms with Crippen molar-refractivity contribution in [1.29, 1.82) is 0 Å². The Hall–Kier alpha value is -4.45. The maximum Gasteiger partial charge on any atom is 0.306 e. The lowest BCUT2D eigenvalue weighted by Crippen LogP contribution is -2.30. The Balaban J connectivity index is 4.52. The first-order valence-corrected chi connectivity index (χ1v) is 27.3. The van der Waals surface area contributed by atoms with Crippen LogP contribution in [0, 0.1) is 0 Å². The predicted molar refractivity (Wildman–Crippen MR) is 292 cm³/mol. The molecule has 0 radical (unpaired) electrons. The fraction of sp³-hybridized carbons (Fsp3) is 0.597. The van der Waals surface area contributed by atoms with Gasteiger partial charge in [0.2, 0.25) is 0 Å². The molecule has 0 N–H and O–H groups in total. The Kier molecular flexibility index (Phi) is 51.5. The monoisotopic (exact) mass is 939 g/mol. The second-order valence-electron chi connectivity index (χ2n) is 17.5. The molecule has 6 nitrogen and oxygen atoms in total. The number of esters is 3. The van der Waals surface area contributed by atoms with Crippen LogP contribution in [0.4, 0.5) is 0 Å². The summed E-state index contributed by atoms with van der Waals surface area (Å²) in [5, 5.41) is 0. The van der Waals surface area contributed by atoms with Crippen LogP contribution in [0.25, 0.3) is 0 Å². The highest BCUT2D eigenvalue weighted by Gasteiger charge is 2.19. The van der Waals surface area contributed by atoms with Gasteiger partial charge in [-0.05, 0) is 103 Å². The molecule has 382 valence electrons. The van der Waals surface area contributed by atoms with E-state index >= 15 is 0 Å². The summed E-state index contributed by atoms with van der Waals surface area (Å²) in [4.78, 5) is 38.1. The average molecular weight is 939 g/mol. The number of rotatable bonds is 47. The van der Waals surface area contributed by atoms with E-state index in [0.717, 1.165) is 135 Å². The van der Waals surface area contributed by atoms with Gasteiger partial charge >= 0.3 is 17.9 Å². The Morgan fingerprint density at radius 3 is 1.09 bits per heavy atom. The van der Waals surface area contributed by atoms with Crippen molar-refractivity contribution < 1.29 is 28.6 Å². The molecule has 0 heterocycles. The van der Waals surface area contributed by atoms with Crippen LogP contribution in [0.5, 0.6) is 0 Å². The highest BCUT2D eigenvalue weighted by molar-refractivity contribution is 5.71. The molecule has 1 atom stereocenters. The number of allylic oxidation sites excluding steroid dienone is 22. The molecule has 0 fully saturated rings. The molecule has 0 spiro atoms. The Morgan fingerprint density at radius 1 is 0.324 bits per heavy atom. The minimum atomic E-state index is -0.817. The molecule has 0 amide bonds. The summed E-state index contributed by atoms with van der Waals surface area (Å²) in [6, 6.07) is 0. The predicted octanol–water partition coefficient (Wildman–Crippen LogP) is 18.3. The topological polar surface area (TPSA) is 78.9 Å². The Labute approximate surface area is 417 Å². The number of carbonyl (C=O) groups is 3. The summed E-state index contributed by atoms with van der Waals surface area (Å²) < 4.78 is 16.8. The molecule has 68 heavy (non-hydrogen) atoms. The van der Waals surface area contributed by atoms with E-state index in [1.165, 1.54) is 44.9 Å². The maximum atomic E-state index is 12.8. The molecule has 0 aromatic rings. The summed E-state index contributed by atoms with van der Waals surface area (Å²) in [5.41, 5.74) is 0. The largest absolute Gasteiger partial charge is 0.462 e. The van der Waals surface area contributed by atoms with Crippen molar-refractivity contribution in [2.75, 3.05) is 13.2 Å². The molecular formula is C62H98O6. The summed E-state index contributed by atoms with van der Waals surface area (Å²) in [5.74, 6) is -0.992. The molecule has 1 unspecified atom stereocenters. The minimum absolute atomic E-state index is 0.112. The van der Waals surface area contributed by atoms with Crippen LogP contribution < -0.4 is 0 Å². The normalized spacial score (nSPS) is 13.2. The molecule has 0 aliphatic rings. The second-order valence-corrected chi connectivity index (χ2v) is 17.5. The van der Waals surface area contributed by atoms with Gasteiger partial charge in [0, 0.05) is 19.3 Å². The zero-order chi connectivity index (χ0) is 49.3. The first-order chi connectivity index (χ1) is 33.5. The molecule has 0 rings (SSSR count). The standard InChI is InChI=1S/C62H98O6/c1-4-7-10-13-16-19-22-25-27-29-31-33-34-37-40-43-46-49-52-55-61(64)67-58-59(57-66-60(63)54-51-48-45-42-39-36-24-21-18-15-12-9-6-3)68-62(65)56-53-50-47-44-41-38-35-32-30-28-26-23-20-17-14-11-8-5-2/h7,9-10,12,15-16,18-19,21,23-28,30-33,35-36,39,59H,4-6,8,11,13-14,17,20,22,29,34,37-38,40-58H2,1-3H3/b10-7-,12-9-,18-15-,19-16-,24-21-,26-23-,27-25-,30-28-,33-31-,35-32-,39-36-. The van der Waals surface area contributed by atoms with E-state index in [9.17, 15) is 14.4 Å². The number of hydrogen-bond donors (Lipinski definition) is 0. The molecule has 0 saturated heterocycles. The van der Waals surface area contributed by atoms with E-state index in [1.54, 1.807) is 0 Å². The number of hydrogen-bond acceptors (Lipinski definition) is 6. The first kappa shape index (κ1) is 63.5. The van der Waals surface area contributed by atoms with Gasteiger partial charge in [-0.15, -0.1) is 0 Å². The van der Waals surface area contributed by atoms with E-state index in [1.807, 2.05) is 36.5 Å². The number of ether oxygens (including phenoxy) is 3. The van der Waals surface area contributed by atoms with Gasteiger partial charge < -0.3 is 14.2 Å². The van der Waals surface area contributed by atoms with Crippen molar-refractivity contribution in [2.45, 2.75) is 226 Å². The van der Waals surface area contributed by atoms with E-state index in [4.69, 9.17) is 14.2 Å². The van der Waals surface area contributed by atoms with Gasteiger partial charge in [-0.3, -0.25) is 14.4 Å². The molecule has 0 aromatic carbocycles. The minimum Gasteiger partial charge on any atom is -0.462 e. The van der Waals surface area contributed by atoms with Gasteiger partial charge in [0.1, 0.15) is 13.2 Å². The van der Waals surface area contributed by atoms with Crippen LogP contribution in [-0.4, -0.2) is 37.2 Å². The van der Waals surface area contributed by atoms with Crippen molar-refractivity contribution in [1.82, 2.24) is 0 Å². The number of carbonyl (C=O) groups excluding carboxylic acids is 3. The van der Waals surface area contributed by atoms with Crippen LogP contribution >= 0.6 is 0 Å². The second kappa shape index (κ2) is 55.1. The van der Waals surface area contributed by atoms with Crippen molar-refractivity contribution in [2.24, 2.45) is 0 Å². The van der Waals surface area contributed by atoms with E-state index in [2.05, 4.69) is 118 Å². The lowest BCUT2D eigenvalue weighted by molar-refractivity contribution is -0.167. The van der Waals surface area contributed by atoms with Gasteiger partial charge in [0.15, 0.2) is 6.10 Å². The Morgan fingerprint density at radius 2 is 0.647 bits per heavy atom. The van der Waals surface area contributed by atoms with Gasteiger partial charge in [-0.2, -0.15) is 0 Å². The highest BCUT2D eigenvalue weighted by Crippen LogP contribution is 2.13. The Bertz CT molecular complexity index is 1500. The zero-order valence-electron chi connectivity index (χ0n) is 43.6. The van der Waals surface area contributed by atoms with Gasteiger partial charge in [0.25, 0.3) is 0 Å². The molecule has 0 aliphatic carbocycles. The average Bonchev–Trinajstić information content (AvgIpc) is 3.34. The van der Waals surface area contributed by atoms with Gasteiger partial charge in [0.05, 0.1) is 0 Å². The van der Waals surface area contributed by atoms with E-state index in [-0.39, 0.29) is 37.5 Å². The molecule has 6 heteroatoms. The van der Waals surface area contributed by atoms with Crippen molar-refractivity contribution in [3.8, 4) is 0 Å². The first-order valence-electron chi connectivity index (χ1n) is 27.3. The van der Waals surface area contributed by atoms with Crippen molar-refractivity contribution in [3.63, 3.8) is 0 Å². The quantitative estimate of drug-likeness (QED) is 0.0199. The lowest BCUT2D eigenvalue weighted by Gasteiger charge is -2.18. The van der Waals surface area contributed by atoms with E-state index < -0.39 is 6.10 Å².